The molecule has 0 atom stereocenters. The molecule has 0 aromatic carbocycles. The Balaban J connectivity index is -0.000000301. The Morgan fingerprint density at radius 1 is 0.682 bits per heavy atom. The van der Waals surface area contributed by atoms with Crippen LogP contribution in [0.15, 0.2) is 0 Å². The van der Waals surface area contributed by atoms with E-state index in [9.17, 15) is 4.79 Å². The van der Waals surface area contributed by atoms with Crippen LogP contribution in [0.2, 0.25) is 0 Å². The number of unbranched alkanes of at least 4 members (excludes halogenated alkanes) is 14. The van der Waals surface area contributed by atoms with Crippen molar-refractivity contribution in [1.82, 2.24) is 0 Å². The van der Waals surface area contributed by atoms with Crippen molar-refractivity contribution in [1.29, 1.82) is 0 Å². The maximum absolute atomic E-state index is 10.3. The molecule has 0 bridgehead atoms. The summed E-state index contributed by atoms with van der Waals surface area (Å²) in [6.07, 6.45) is 20.2. The van der Waals surface area contributed by atoms with Crippen LogP contribution in [0.3, 0.4) is 0 Å². The summed E-state index contributed by atoms with van der Waals surface area (Å²) in [7, 11) is 0. The van der Waals surface area contributed by atoms with Crippen LogP contribution >= 0.6 is 0 Å². The molecule has 0 aromatic heterocycles. The summed E-state index contributed by atoms with van der Waals surface area (Å²) in [5.41, 5.74) is 0. The van der Waals surface area contributed by atoms with E-state index in [4.69, 9.17) is 5.11 Å². The Labute approximate surface area is 177 Å². The molecule has 0 aliphatic carbocycles. The first-order chi connectivity index (χ1) is 9.77. The first kappa shape index (κ1) is 28.0. The van der Waals surface area contributed by atoms with Crippen molar-refractivity contribution >= 4 is 29.0 Å². The minimum atomic E-state index is -0.653. The van der Waals surface area contributed by atoms with Crippen molar-refractivity contribution in [2.24, 2.45) is 0 Å². The monoisotopic (exact) mass is 424 g/mol. The Hall–Kier alpha value is 1.16. The summed E-state index contributed by atoms with van der Waals surface area (Å²) < 4.78 is 0. The third kappa shape index (κ3) is 26.1. The molecular weight excluding hydrogens is 385 g/mol. The zero-order valence-corrected chi connectivity index (χ0v) is 20.5. The van der Waals surface area contributed by atoms with E-state index < -0.39 is 5.97 Å². The molecule has 0 saturated carbocycles. The third-order valence-electron chi connectivity index (χ3n) is 3.99. The normalized spacial score (nSPS) is 9.86. The summed E-state index contributed by atoms with van der Waals surface area (Å²) in [6.45, 7) is 2.27. The predicted molar refractivity (Wildman–Crippen MR) is 95.2 cm³/mol. The van der Waals surface area contributed by atoms with Crippen LogP contribution in [0.25, 0.3) is 0 Å². The minimum absolute atomic E-state index is 0. The topological polar surface area (TPSA) is 37.3 Å². The van der Waals surface area contributed by atoms with Gasteiger partial charge in [0, 0.05) is 33.7 Å². The SMILES string of the molecule is CCCCCCCCCCCCCCCCCC(=O)O.[Cd].[H-].[H-].[Mg+2]. The summed E-state index contributed by atoms with van der Waals surface area (Å²) in [5.74, 6) is -0.653. The van der Waals surface area contributed by atoms with Gasteiger partial charge in [0.05, 0.1) is 0 Å². The Morgan fingerprint density at radius 3 is 1.23 bits per heavy atom. The summed E-state index contributed by atoms with van der Waals surface area (Å²) >= 11 is 0. The van der Waals surface area contributed by atoms with Crippen LogP contribution in [0.1, 0.15) is 113 Å². The van der Waals surface area contributed by atoms with E-state index in [2.05, 4.69) is 6.92 Å². The molecule has 1 N–H and O–H groups in total. The molecule has 0 amide bonds. The molecule has 0 unspecified atom stereocenters. The van der Waals surface area contributed by atoms with Gasteiger partial charge in [0.15, 0.2) is 0 Å². The van der Waals surface area contributed by atoms with Gasteiger partial charge < -0.3 is 7.96 Å². The van der Waals surface area contributed by atoms with Crippen molar-refractivity contribution < 1.29 is 40.1 Å². The third-order valence-corrected chi connectivity index (χ3v) is 3.99. The minimum Gasteiger partial charge on any atom is -1.00 e. The van der Waals surface area contributed by atoms with E-state index in [1.54, 1.807) is 0 Å². The largest absolute Gasteiger partial charge is 2.00 e. The molecule has 4 heteroatoms. The van der Waals surface area contributed by atoms with Gasteiger partial charge in [-0.25, -0.2) is 0 Å². The molecule has 22 heavy (non-hydrogen) atoms. The number of carboxylic acids is 1. The zero-order valence-electron chi connectivity index (χ0n) is 17.1. The second kappa shape index (κ2) is 24.4. The van der Waals surface area contributed by atoms with E-state index in [0.717, 1.165) is 12.8 Å². The smallest absolute Gasteiger partial charge is 1.00 e. The first-order valence-corrected chi connectivity index (χ1v) is 8.99. The number of rotatable bonds is 16. The van der Waals surface area contributed by atoms with E-state index >= 15 is 0 Å². The summed E-state index contributed by atoms with van der Waals surface area (Å²) in [5, 5.41) is 8.52. The van der Waals surface area contributed by atoms with Crippen LogP contribution < -0.4 is 0 Å². The Morgan fingerprint density at radius 2 is 0.955 bits per heavy atom. The van der Waals surface area contributed by atoms with Gasteiger partial charge in [0.1, 0.15) is 0 Å². The standard InChI is InChI=1S/C18H36O2.Cd.Mg.2H/c1-2-3-4-5-6-7-8-9-10-11-12-13-14-15-16-17-18(19)20;;;;/h2-17H2,1H3,(H,19,20);;;;/q;;+2;2*-1. The molecule has 0 aliphatic heterocycles. The van der Waals surface area contributed by atoms with Crippen LogP contribution in [-0.4, -0.2) is 34.1 Å². The fourth-order valence-corrected chi connectivity index (χ4v) is 2.65. The van der Waals surface area contributed by atoms with Gasteiger partial charge in [-0.2, -0.15) is 0 Å². The van der Waals surface area contributed by atoms with Gasteiger partial charge in [0.2, 0.25) is 0 Å². The first-order valence-electron chi connectivity index (χ1n) is 8.99. The molecule has 0 aliphatic rings. The molecule has 2 nitrogen and oxygen atoms in total. The van der Waals surface area contributed by atoms with Crippen LogP contribution in [0.4, 0.5) is 0 Å². The van der Waals surface area contributed by atoms with Crippen molar-refractivity contribution in [2.75, 3.05) is 0 Å². The van der Waals surface area contributed by atoms with Crippen molar-refractivity contribution in [3.05, 3.63) is 0 Å². The maximum atomic E-state index is 10.3. The van der Waals surface area contributed by atoms with Gasteiger partial charge in [-0.1, -0.05) is 96.8 Å². The average molecular weight is 423 g/mol. The van der Waals surface area contributed by atoms with Gasteiger partial charge in [-0.3, -0.25) is 4.79 Å². The molecule has 0 rings (SSSR count). The molecule has 0 spiro atoms. The summed E-state index contributed by atoms with van der Waals surface area (Å²) in [4.78, 5) is 10.3. The fraction of sp³-hybridized carbons (Fsp3) is 0.944. The molecule has 0 fully saturated rings. The van der Waals surface area contributed by atoms with Gasteiger partial charge in [-0.05, 0) is 6.42 Å². The zero-order chi connectivity index (χ0) is 14.9. The van der Waals surface area contributed by atoms with E-state index in [-0.39, 0.29) is 53.2 Å². The van der Waals surface area contributed by atoms with Gasteiger partial charge in [0.25, 0.3) is 0 Å². The quantitative estimate of drug-likeness (QED) is 0.238. The number of carboxylic acid groups (broad SMARTS) is 1. The van der Waals surface area contributed by atoms with Crippen LogP contribution in [0.5, 0.6) is 0 Å². The van der Waals surface area contributed by atoms with Crippen molar-refractivity contribution in [3.63, 3.8) is 0 Å². The Kier molecular flexibility index (Phi) is 31.0. The average Bonchev–Trinajstić information content (AvgIpc) is 2.43. The van der Waals surface area contributed by atoms with Crippen LogP contribution in [-0.2, 0) is 32.1 Å². The molecule has 0 saturated heterocycles. The molecule has 0 radical (unpaired) electrons. The molecule has 126 valence electrons. The van der Waals surface area contributed by atoms with Gasteiger partial charge in [-0.15, -0.1) is 0 Å². The Bertz CT molecular complexity index is 223. The van der Waals surface area contributed by atoms with E-state index in [1.165, 1.54) is 83.5 Å². The molecular formula is C18H38CdMgO2. The number of hydrogen-bond donors (Lipinski definition) is 1. The maximum Gasteiger partial charge on any atom is 2.00 e. The number of hydrogen-bond acceptors (Lipinski definition) is 1. The predicted octanol–water partition coefficient (Wildman–Crippen LogP) is 6.17. The second-order valence-corrected chi connectivity index (χ2v) is 6.09. The number of carbonyl (C=O) groups is 1. The molecule has 0 aromatic rings. The van der Waals surface area contributed by atoms with Gasteiger partial charge >= 0.3 is 29.0 Å². The number of aliphatic carboxylic acids is 1. The van der Waals surface area contributed by atoms with E-state index in [0.29, 0.717) is 6.42 Å². The molecule has 0 heterocycles. The van der Waals surface area contributed by atoms with E-state index in [1.807, 2.05) is 0 Å². The van der Waals surface area contributed by atoms with Crippen molar-refractivity contribution in [3.8, 4) is 0 Å². The van der Waals surface area contributed by atoms with Crippen molar-refractivity contribution in [2.45, 2.75) is 110 Å². The summed E-state index contributed by atoms with van der Waals surface area (Å²) in [6, 6.07) is 0. The fourth-order valence-electron chi connectivity index (χ4n) is 2.65. The second-order valence-electron chi connectivity index (χ2n) is 6.09. The van der Waals surface area contributed by atoms with Crippen LogP contribution in [0, 0.1) is 0 Å².